The van der Waals surface area contributed by atoms with Crippen molar-refractivity contribution in [3.05, 3.63) is 226 Å². The molecule has 60 heavy (non-hydrogen) atoms. The Morgan fingerprint density at radius 2 is 0.683 bits per heavy atom. The van der Waals surface area contributed by atoms with Gasteiger partial charge < -0.3 is 9.80 Å². The molecule has 10 rings (SSSR count). The van der Waals surface area contributed by atoms with Crippen LogP contribution >= 0.6 is 0 Å². The fraction of sp³-hybridized carbons (Fsp3) is 0.138. The summed E-state index contributed by atoms with van der Waals surface area (Å²) >= 11 is 0. The van der Waals surface area contributed by atoms with E-state index in [0.29, 0.717) is 0 Å². The van der Waals surface area contributed by atoms with E-state index in [4.69, 9.17) is 0 Å². The summed E-state index contributed by atoms with van der Waals surface area (Å²) < 4.78 is 0. The second-order valence-electron chi connectivity index (χ2n) is 17.7. The highest BCUT2D eigenvalue weighted by Crippen LogP contribution is 2.53. The maximum atomic E-state index is 2.42. The van der Waals surface area contributed by atoms with E-state index in [1.54, 1.807) is 0 Å². The van der Waals surface area contributed by atoms with Crippen LogP contribution in [0.1, 0.15) is 72.2 Å². The van der Waals surface area contributed by atoms with E-state index in [1.807, 2.05) is 0 Å². The van der Waals surface area contributed by atoms with Crippen LogP contribution < -0.4 is 9.80 Å². The van der Waals surface area contributed by atoms with Crippen molar-refractivity contribution in [3.8, 4) is 22.3 Å². The summed E-state index contributed by atoms with van der Waals surface area (Å²) in [5.74, 6) is 0. The van der Waals surface area contributed by atoms with Gasteiger partial charge in [-0.1, -0.05) is 155 Å². The second kappa shape index (κ2) is 14.4. The molecule has 0 N–H and O–H groups in total. The predicted molar refractivity (Wildman–Crippen MR) is 256 cm³/mol. The Bertz CT molecular complexity index is 2900. The fourth-order valence-corrected chi connectivity index (χ4v) is 9.67. The van der Waals surface area contributed by atoms with Crippen LogP contribution in [-0.2, 0) is 10.8 Å². The van der Waals surface area contributed by atoms with Gasteiger partial charge in [-0.2, -0.15) is 0 Å². The van der Waals surface area contributed by atoms with Crippen LogP contribution in [0.5, 0.6) is 0 Å². The largest absolute Gasteiger partial charge is 0.310 e. The number of para-hydroxylation sites is 2. The summed E-state index contributed by atoms with van der Waals surface area (Å²) in [6, 6.07) is 67.0. The molecule has 0 fully saturated rings. The van der Waals surface area contributed by atoms with Gasteiger partial charge in [0.25, 0.3) is 0 Å². The summed E-state index contributed by atoms with van der Waals surface area (Å²) in [6.07, 6.45) is 4.57. The average molecular weight is 775 g/mol. The van der Waals surface area contributed by atoms with Crippen molar-refractivity contribution in [2.45, 2.75) is 52.4 Å². The second-order valence-corrected chi connectivity index (χ2v) is 17.7. The molecule has 0 radical (unpaired) electrons. The molecule has 2 heteroatoms. The van der Waals surface area contributed by atoms with Crippen LogP contribution in [0, 0.1) is 13.8 Å². The molecule has 0 aliphatic heterocycles. The van der Waals surface area contributed by atoms with Crippen molar-refractivity contribution in [1.29, 1.82) is 0 Å². The van der Waals surface area contributed by atoms with Crippen molar-refractivity contribution in [2.75, 3.05) is 9.80 Å². The van der Waals surface area contributed by atoms with Crippen molar-refractivity contribution in [2.24, 2.45) is 0 Å². The summed E-state index contributed by atoms with van der Waals surface area (Å²) in [6.45, 7) is 13.8. The first-order valence-corrected chi connectivity index (χ1v) is 21.2. The molecule has 8 aromatic rings. The monoisotopic (exact) mass is 774 g/mol. The Kier molecular flexibility index (Phi) is 8.99. The van der Waals surface area contributed by atoms with Gasteiger partial charge in [-0.15, -0.1) is 0 Å². The van der Waals surface area contributed by atoms with Gasteiger partial charge in [0.1, 0.15) is 0 Å². The molecular formula is C58H50N2. The standard InChI is InChI=1S/C58H50N2/c1-39-20-26-45(27-21-39)60(46-19-13-14-40(2)34-46)48-29-33-52-50-31-25-42(36-54(50)58(5,6)56(52)38-48)23-22-41-24-30-49-51-32-28-47(37-55(51)57(3,4)53(49)35-41)59(43-15-9-7-10-16-43)44-17-11-8-12-18-44/h7-38H,1-6H3/b23-22+. The highest BCUT2D eigenvalue weighted by molar-refractivity contribution is 5.89. The lowest BCUT2D eigenvalue weighted by atomic mass is 9.81. The smallest absolute Gasteiger partial charge is 0.0465 e. The first-order chi connectivity index (χ1) is 29.1. The van der Waals surface area contributed by atoms with E-state index in [0.717, 1.165) is 17.1 Å². The highest BCUT2D eigenvalue weighted by atomic mass is 15.1. The van der Waals surface area contributed by atoms with Gasteiger partial charge in [0.2, 0.25) is 0 Å². The molecule has 0 unspecified atom stereocenters. The summed E-state index contributed by atoms with van der Waals surface area (Å²) in [5.41, 5.74) is 22.3. The highest BCUT2D eigenvalue weighted by Gasteiger charge is 2.37. The molecule has 0 heterocycles. The van der Waals surface area contributed by atoms with E-state index >= 15 is 0 Å². The zero-order chi connectivity index (χ0) is 41.2. The number of hydrogen-bond acceptors (Lipinski definition) is 2. The average Bonchev–Trinajstić information content (AvgIpc) is 3.62. The number of fused-ring (bicyclic) bond motifs is 6. The molecule has 292 valence electrons. The van der Waals surface area contributed by atoms with Gasteiger partial charge in [0.05, 0.1) is 0 Å². The molecule has 2 aliphatic rings. The molecule has 0 saturated carbocycles. The third-order valence-corrected chi connectivity index (χ3v) is 12.9. The molecular weight excluding hydrogens is 725 g/mol. The van der Waals surface area contributed by atoms with Gasteiger partial charge in [0.15, 0.2) is 0 Å². The Hall–Kier alpha value is -6.90. The minimum Gasteiger partial charge on any atom is -0.310 e. The minimum absolute atomic E-state index is 0.153. The van der Waals surface area contributed by atoms with Crippen LogP contribution in [0.2, 0.25) is 0 Å². The number of benzene rings is 8. The lowest BCUT2D eigenvalue weighted by Gasteiger charge is -2.28. The van der Waals surface area contributed by atoms with E-state index in [9.17, 15) is 0 Å². The molecule has 0 atom stereocenters. The molecule has 2 nitrogen and oxygen atoms in total. The normalized spacial score (nSPS) is 14.0. The van der Waals surface area contributed by atoms with Crippen molar-refractivity contribution in [3.63, 3.8) is 0 Å². The summed E-state index contributed by atoms with van der Waals surface area (Å²) in [5, 5.41) is 0. The predicted octanol–water partition coefficient (Wildman–Crippen LogP) is 16.0. The van der Waals surface area contributed by atoms with Gasteiger partial charge in [-0.25, -0.2) is 0 Å². The van der Waals surface area contributed by atoms with E-state index in [2.05, 4.69) is 245 Å². The van der Waals surface area contributed by atoms with Crippen LogP contribution in [0.25, 0.3) is 34.4 Å². The molecule has 0 saturated heterocycles. The number of anilines is 6. The Labute approximate surface area is 355 Å². The SMILES string of the molecule is Cc1ccc(N(c2cccc(C)c2)c2ccc3c(c2)C(C)(C)c2cc(/C=C/c4ccc5c(c4)C(C)(C)c4cc(N(c6ccccc6)c6ccccc6)ccc4-5)ccc2-3)cc1. The third-order valence-electron chi connectivity index (χ3n) is 12.9. The summed E-state index contributed by atoms with van der Waals surface area (Å²) in [4.78, 5) is 4.74. The first kappa shape index (κ1) is 37.4. The lowest BCUT2D eigenvalue weighted by Crippen LogP contribution is -2.16. The Morgan fingerprint density at radius 3 is 1.15 bits per heavy atom. The molecule has 0 bridgehead atoms. The lowest BCUT2D eigenvalue weighted by molar-refractivity contribution is 0.660. The Balaban J connectivity index is 0.943. The number of aryl methyl sites for hydroxylation is 2. The van der Waals surface area contributed by atoms with E-state index < -0.39 is 0 Å². The fourth-order valence-electron chi connectivity index (χ4n) is 9.67. The zero-order valence-electron chi connectivity index (χ0n) is 35.4. The van der Waals surface area contributed by atoms with Crippen molar-refractivity contribution >= 4 is 46.3 Å². The number of hydrogen-bond donors (Lipinski definition) is 0. The topological polar surface area (TPSA) is 6.48 Å². The quantitative estimate of drug-likeness (QED) is 0.142. The Morgan fingerprint density at radius 1 is 0.317 bits per heavy atom. The van der Waals surface area contributed by atoms with Crippen molar-refractivity contribution in [1.82, 2.24) is 0 Å². The molecule has 0 amide bonds. The maximum Gasteiger partial charge on any atom is 0.0465 e. The van der Waals surface area contributed by atoms with Gasteiger partial charge >= 0.3 is 0 Å². The number of nitrogens with zero attached hydrogens (tertiary/aromatic N) is 2. The molecule has 0 spiro atoms. The molecule has 0 aromatic heterocycles. The van der Waals surface area contributed by atoms with Crippen LogP contribution in [0.15, 0.2) is 182 Å². The van der Waals surface area contributed by atoms with Gasteiger partial charge in [0, 0.05) is 45.0 Å². The van der Waals surface area contributed by atoms with Crippen molar-refractivity contribution < 1.29 is 0 Å². The first-order valence-electron chi connectivity index (χ1n) is 21.2. The van der Waals surface area contributed by atoms with Crippen LogP contribution in [-0.4, -0.2) is 0 Å². The van der Waals surface area contributed by atoms with Crippen LogP contribution in [0.4, 0.5) is 34.1 Å². The van der Waals surface area contributed by atoms with Crippen LogP contribution in [0.3, 0.4) is 0 Å². The third kappa shape index (κ3) is 6.35. The summed E-state index contributed by atoms with van der Waals surface area (Å²) in [7, 11) is 0. The van der Waals surface area contributed by atoms with E-state index in [-0.39, 0.29) is 10.8 Å². The molecule has 2 aliphatic carbocycles. The van der Waals surface area contributed by atoms with E-state index in [1.165, 1.54) is 83.8 Å². The minimum atomic E-state index is -0.158. The molecule has 8 aromatic carbocycles. The maximum absolute atomic E-state index is 2.42. The van der Waals surface area contributed by atoms with Gasteiger partial charge in [-0.3, -0.25) is 0 Å². The zero-order valence-corrected chi connectivity index (χ0v) is 35.4. The van der Waals surface area contributed by atoms with Gasteiger partial charge in [-0.05, 0) is 148 Å². The number of rotatable bonds is 8.